The number of ketones is 1. The van der Waals surface area contributed by atoms with Crippen molar-refractivity contribution in [1.29, 1.82) is 0 Å². The van der Waals surface area contributed by atoms with Crippen LogP contribution >= 0.6 is 0 Å². The molecule has 1 unspecified atom stereocenters. The lowest BCUT2D eigenvalue weighted by Gasteiger charge is -2.13. The molecule has 0 fully saturated rings. The molecule has 3 rings (SSSR count). The predicted molar refractivity (Wildman–Crippen MR) is 83.1 cm³/mol. The highest BCUT2D eigenvalue weighted by molar-refractivity contribution is 6.05. The highest BCUT2D eigenvalue weighted by Crippen LogP contribution is 2.41. The summed E-state index contributed by atoms with van der Waals surface area (Å²) in [7, 11) is 1.55. The Bertz CT molecular complexity index is 766. The molecule has 0 N–H and O–H groups in total. The number of rotatable bonds is 4. The van der Waals surface area contributed by atoms with Crippen LogP contribution in [0.25, 0.3) is 0 Å². The Kier molecular flexibility index (Phi) is 4.02. The Balaban J connectivity index is 1.91. The molecule has 5 nitrogen and oxygen atoms in total. The second kappa shape index (κ2) is 6.12. The van der Waals surface area contributed by atoms with Crippen LogP contribution in [0.4, 0.5) is 0 Å². The van der Waals surface area contributed by atoms with Gasteiger partial charge in [0, 0.05) is 18.1 Å². The molecule has 1 atom stereocenters. The normalized spacial score (nSPS) is 15.7. The van der Waals surface area contributed by atoms with E-state index in [1.54, 1.807) is 44.4 Å². The summed E-state index contributed by atoms with van der Waals surface area (Å²) in [5.74, 6) is 0.890. The molecular weight excluding hydrogens is 296 g/mol. The molecule has 5 heteroatoms. The van der Waals surface area contributed by atoms with Gasteiger partial charge in [0.1, 0.15) is 17.2 Å². The first-order valence-electron chi connectivity index (χ1n) is 7.32. The van der Waals surface area contributed by atoms with Gasteiger partial charge >= 0.3 is 5.97 Å². The number of carbonyl (C=O) groups excluding carboxylic acids is 2. The van der Waals surface area contributed by atoms with Gasteiger partial charge in [-0.1, -0.05) is 25.1 Å². The number of hydrogen-bond donors (Lipinski definition) is 0. The lowest BCUT2D eigenvalue weighted by Crippen LogP contribution is -2.12. The van der Waals surface area contributed by atoms with E-state index >= 15 is 0 Å². The van der Waals surface area contributed by atoms with E-state index in [-0.39, 0.29) is 18.2 Å². The molecular formula is C18H16O5. The molecule has 2 aromatic rings. The van der Waals surface area contributed by atoms with E-state index in [9.17, 15) is 9.59 Å². The minimum Gasteiger partial charge on any atom is -0.496 e. The summed E-state index contributed by atoms with van der Waals surface area (Å²) in [6.45, 7) is 1.72. The van der Waals surface area contributed by atoms with Crippen molar-refractivity contribution in [3.05, 3.63) is 53.6 Å². The number of methoxy groups -OCH3 is 1. The summed E-state index contributed by atoms with van der Waals surface area (Å²) in [5, 5.41) is 0. The number of para-hydroxylation sites is 1. The van der Waals surface area contributed by atoms with Crippen LogP contribution in [0, 0.1) is 0 Å². The van der Waals surface area contributed by atoms with Gasteiger partial charge in [-0.25, -0.2) is 0 Å². The highest BCUT2D eigenvalue weighted by atomic mass is 16.5. The predicted octanol–water partition coefficient (Wildman–Crippen LogP) is 3.33. The van der Waals surface area contributed by atoms with Crippen LogP contribution in [0.5, 0.6) is 17.2 Å². The second-order valence-corrected chi connectivity index (χ2v) is 5.09. The van der Waals surface area contributed by atoms with E-state index in [2.05, 4.69) is 0 Å². The molecule has 2 aromatic carbocycles. The molecule has 0 saturated heterocycles. The summed E-state index contributed by atoms with van der Waals surface area (Å²) in [4.78, 5) is 23.9. The van der Waals surface area contributed by atoms with Crippen LogP contribution in [0.3, 0.4) is 0 Å². The zero-order valence-corrected chi connectivity index (χ0v) is 12.9. The van der Waals surface area contributed by atoms with Crippen LogP contribution in [0.15, 0.2) is 42.5 Å². The molecule has 0 amide bonds. The van der Waals surface area contributed by atoms with Gasteiger partial charge in [0.15, 0.2) is 6.10 Å². The van der Waals surface area contributed by atoms with Gasteiger partial charge < -0.3 is 14.2 Å². The third-order valence-electron chi connectivity index (χ3n) is 3.64. The number of carbonyl (C=O) groups is 2. The van der Waals surface area contributed by atoms with Crippen molar-refractivity contribution in [2.75, 3.05) is 7.11 Å². The molecule has 118 valence electrons. The summed E-state index contributed by atoms with van der Waals surface area (Å²) >= 11 is 0. The van der Waals surface area contributed by atoms with Gasteiger partial charge in [0.25, 0.3) is 0 Å². The van der Waals surface area contributed by atoms with E-state index in [1.807, 2.05) is 12.1 Å². The first-order chi connectivity index (χ1) is 11.1. The minimum absolute atomic E-state index is 0.141. The van der Waals surface area contributed by atoms with Crippen molar-refractivity contribution in [2.45, 2.75) is 19.4 Å². The van der Waals surface area contributed by atoms with Crippen molar-refractivity contribution in [1.82, 2.24) is 0 Å². The topological polar surface area (TPSA) is 61.8 Å². The van der Waals surface area contributed by atoms with E-state index in [4.69, 9.17) is 14.2 Å². The zero-order chi connectivity index (χ0) is 16.4. The molecule has 0 bridgehead atoms. The maximum Gasteiger partial charge on any atom is 0.310 e. The van der Waals surface area contributed by atoms with E-state index in [0.29, 0.717) is 28.4 Å². The van der Waals surface area contributed by atoms with Gasteiger partial charge in [-0.3, -0.25) is 9.59 Å². The van der Waals surface area contributed by atoms with E-state index in [0.717, 1.165) is 0 Å². The maximum absolute atomic E-state index is 12.6. The summed E-state index contributed by atoms with van der Waals surface area (Å²) < 4.78 is 16.2. The Labute approximate surface area is 133 Å². The summed E-state index contributed by atoms with van der Waals surface area (Å²) in [6, 6.07) is 12.0. The minimum atomic E-state index is -0.752. The largest absolute Gasteiger partial charge is 0.496 e. The Morgan fingerprint density at radius 1 is 1.22 bits per heavy atom. The standard InChI is InChI=1S/C18H16O5/c1-3-16(19)22-11-8-9-12-15(10-11)23-18(17(12)20)13-6-4-5-7-14(13)21-2/h4-10,18H,3H2,1-2H3. The number of Topliss-reactive ketones (excluding diaryl/α,β-unsaturated/α-hetero) is 1. The lowest BCUT2D eigenvalue weighted by atomic mass is 10.0. The van der Waals surface area contributed by atoms with Gasteiger partial charge in [-0.15, -0.1) is 0 Å². The molecule has 0 aliphatic carbocycles. The Morgan fingerprint density at radius 3 is 2.74 bits per heavy atom. The van der Waals surface area contributed by atoms with Crippen molar-refractivity contribution in [3.8, 4) is 17.2 Å². The molecule has 1 heterocycles. The molecule has 0 spiro atoms. The number of hydrogen-bond acceptors (Lipinski definition) is 5. The number of benzene rings is 2. The number of fused-ring (bicyclic) bond motifs is 1. The van der Waals surface area contributed by atoms with Crippen LogP contribution in [-0.2, 0) is 4.79 Å². The third kappa shape index (κ3) is 2.77. The molecule has 0 saturated carbocycles. The van der Waals surface area contributed by atoms with Crippen LogP contribution < -0.4 is 14.2 Å². The van der Waals surface area contributed by atoms with Crippen molar-refractivity contribution < 1.29 is 23.8 Å². The molecule has 0 radical (unpaired) electrons. The van der Waals surface area contributed by atoms with Gasteiger partial charge in [0.05, 0.1) is 12.7 Å². The van der Waals surface area contributed by atoms with Crippen molar-refractivity contribution in [2.24, 2.45) is 0 Å². The monoisotopic (exact) mass is 312 g/mol. The first-order valence-corrected chi connectivity index (χ1v) is 7.32. The van der Waals surface area contributed by atoms with E-state index in [1.165, 1.54) is 0 Å². The van der Waals surface area contributed by atoms with Crippen molar-refractivity contribution in [3.63, 3.8) is 0 Å². The van der Waals surface area contributed by atoms with Gasteiger partial charge in [-0.2, -0.15) is 0 Å². The highest BCUT2D eigenvalue weighted by Gasteiger charge is 2.35. The third-order valence-corrected chi connectivity index (χ3v) is 3.64. The fourth-order valence-electron chi connectivity index (χ4n) is 2.48. The number of esters is 1. The molecule has 0 aromatic heterocycles. The Hall–Kier alpha value is -2.82. The fraction of sp³-hybridized carbons (Fsp3) is 0.222. The van der Waals surface area contributed by atoms with Gasteiger partial charge in [-0.05, 0) is 18.2 Å². The fourth-order valence-corrected chi connectivity index (χ4v) is 2.48. The van der Waals surface area contributed by atoms with Crippen LogP contribution in [0.2, 0.25) is 0 Å². The average Bonchev–Trinajstić information content (AvgIpc) is 2.90. The summed E-state index contributed by atoms with van der Waals surface area (Å²) in [6.07, 6.45) is -0.473. The lowest BCUT2D eigenvalue weighted by molar-refractivity contribution is -0.134. The molecule has 1 aliphatic rings. The van der Waals surface area contributed by atoms with Crippen LogP contribution in [0.1, 0.15) is 35.4 Å². The van der Waals surface area contributed by atoms with Crippen LogP contribution in [-0.4, -0.2) is 18.9 Å². The quantitative estimate of drug-likeness (QED) is 0.640. The second-order valence-electron chi connectivity index (χ2n) is 5.09. The van der Waals surface area contributed by atoms with Crippen molar-refractivity contribution >= 4 is 11.8 Å². The molecule has 23 heavy (non-hydrogen) atoms. The summed E-state index contributed by atoms with van der Waals surface area (Å²) in [5.41, 5.74) is 1.14. The SMILES string of the molecule is CCC(=O)Oc1ccc2c(c1)OC(c1ccccc1OC)C2=O. The van der Waals surface area contributed by atoms with E-state index < -0.39 is 6.10 Å². The number of ether oxygens (including phenoxy) is 3. The first kappa shape index (κ1) is 15.1. The Morgan fingerprint density at radius 2 is 2.00 bits per heavy atom. The smallest absolute Gasteiger partial charge is 0.310 e. The zero-order valence-electron chi connectivity index (χ0n) is 12.9. The van der Waals surface area contributed by atoms with Gasteiger partial charge in [0.2, 0.25) is 5.78 Å². The maximum atomic E-state index is 12.6. The average molecular weight is 312 g/mol. The molecule has 1 aliphatic heterocycles.